The van der Waals surface area contributed by atoms with Crippen molar-refractivity contribution in [1.29, 1.82) is 0 Å². The summed E-state index contributed by atoms with van der Waals surface area (Å²) in [6.45, 7) is 3.56. The molecule has 2 atom stereocenters. The van der Waals surface area contributed by atoms with Crippen LogP contribution < -0.4 is 0 Å². The number of rotatable bonds is 4. The molecule has 1 aliphatic heterocycles. The van der Waals surface area contributed by atoms with Crippen molar-refractivity contribution >= 4 is 0 Å². The van der Waals surface area contributed by atoms with Crippen LogP contribution >= 0.6 is 0 Å². The Kier molecular flexibility index (Phi) is 3.60. The summed E-state index contributed by atoms with van der Waals surface area (Å²) in [6, 6.07) is 3.88. The minimum Gasteiger partial charge on any atom is -0.460 e. The summed E-state index contributed by atoms with van der Waals surface area (Å²) in [5.41, 5.74) is 1.93. The van der Waals surface area contributed by atoms with Crippen LogP contribution in [0.2, 0.25) is 0 Å². The molecule has 2 aromatic rings. The lowest BCUT2D eigenvalue weighted by atomic mass is 10.1. The van der Waals surface area contributed by atoms with Gasteiger partial charge in [-0.2, -0.15) is 5.10 Å². The number of nitrogens with one attached hydrogen (secondary N) is 1. The molecule has 0 bridgehead atoms. The molecular formula is C14H19N3O3. The van der Waals surface area contributed by atoms with E-state index in [0.29, 0.717) is 19.8 Å². The molecule has 0 spiro atoms. The second-order valence-electron chi connectivity index (χ2n) is 5.27. The number of aliphatic hydroxyl groups excluding tert-OH is 1. The number of aliphatic hydroxyl groups is 1. The number of ether oxygens (including phenoxy) is 1. The summed E-state index contributed by atoms with van der Waals surface area (Å²) in [5, 5.41) is 16.9. The van der Waals surface area contributed by atoms with E-state index in [1.54, 1.807) is 6.20 Å². The van der Waals surface area contributed by atoms with Crippen molar-refractivity contribution in [2.75, 3.05) is 20.3 Å². The lowest BCUT2D eigenvalue weighted by molar-refractivity contribution is 0.0926. The topological polar surface area (TPSA) is 74.5 Å². The first-order valence-corrected chi connectivity index (χ1v) is 6.70. The molecule has 1 fully saturated rings. The van der Waals surface area contributed by atoms with E-state index < -0.39 is 6.10 Å². The average Bonchev–Trinajstić information content (AvgIpc) is 3.10. The van der Waals surface area contributed by atoms with Crippen LogP contribution in [0.5, 0.6) is 0 Å². The molecule has 0 aliphatic carbocycles. The molecule has 3 rings (SSSR count). The number of aromatic nitrogens is 2. The van der Waals surface area contributed by atoms with Gasteiger partial charge in [-0.25, -0.2) is 0 Å². The van der Waals surface area contributed by atoms with E-state index in [1.807, 2.05) is 26.1 Å². The highest BCUT2D eigenvalue weighted by Gasteiger charge is 2.30. The summed E-state index contributed by atoms with van der Waals surface area (Å²) in [6.07, 6.45) is 1.37. The monoisotopic (exact) mass is 277 g/mol. The lowest BCUT2D eigenvalue weighted by Gasteiger charge is -2.25. The quantitative estimate of drug-likeness (QED) is 0.877. The Hall–Kier alpha value is -1.63. The summed E-state index contributed by atoms with van der Waals surface area (Å²) < 4.78 is 10.9. The number of aryl methyl sites for hydroxylation is 1. The van der Waals surface area contributed by atoms with E-state index in [9.17, 15) is 5.11 Å². The minimum atomic E-state index is -0.429. The van der Waals surface area contributed by atoms with Crippen LogP contribution in [0.4, 0.5) is 0 Å². The maximum Gasteiger partial charge on any atom is 0.152 e. The number of furan rings is 1. The summed E-state index contributed by atoms with van der Waals surface area (Å²) in [4.78, 5) is 2.09. The molecule has 2 aromatic heterocycles. The number of H-pyrrole nitrogens is 1. The highest BCUT2D eigenvalue weighted by molar-refractivity contribution is 5.56. The van der Waals surface area contributed by atoms with Crippen molar-refractivity contribution < 1.29 is 14.3 Å². The molecule has 0 radical (unpaired) electrons. The molecule has 3 heterocycles. The van der Waals surface area contributed by atoms with E-state index in [2.05, 4.69) is 15.1 Å². The molecule has 0 unspecified atom stereocenters. The van der Waals surface area contributed by atoms with Crippen LogP contribution in [0, 0.1) is 6.92 Å². The first kappa shape index (κ1) is 13.4. The highest BCUT2D eigenvalue weighted by Crippen LogP contribution is 2.25. The fourth-order valence-corrected chi connectivity index (χ4v) is 2.55. The fraction of sp³-hybridized carbons (Fsp3) is 0.500. The Morgan fingerprint density at radius 3 is 2.95 bits per heavy atom. The summed E-state index contributed by atoms with van der Waals surface area (Å²) in [5.74, 6) is 1.65. The molecule has 6 heteroatoms. The van der Waals surface area contributed by atoms with Gasteiger partial charge in [-0.1, -0.05) is 0 Å². The Bertz CT molecular complexity index is 578. The number of hydrogen-bond acceptors (Lipinski definition) is 5. The van der Waals surface area contributed by atoms with E-state index in [-0.39, 0.29) is 6.04 Å². The first-order valence-electron chi connectivity index (χ1n) is 6.70. The third kappa shape index (κ3) is 2.49. The van der Waals surface area contributed by atoms with Gasteiger partial charge in [-0.05, 0) is 26.1 Å². The van der Waals surface area contributed by atoms with E-state index in [4.69, 9.17) is 9.15 Å². The van der Waals surface area contributed by atoms with Crippen molar-refractivity contribution in [3.8, 4) is 11.5 Å². The van der Waals surface area contributed by atoms with Crippen molar-refractivity contribution in [3.05, 3.63) is 29.7 Å². The van der Waals surface area contributed by atoms with Gasteiger partial charge in [0.2, 0.25) is 0 Å². The zero-order valence-corrected chi connectivity index (χ0v) is 11.7. The van der Waals surface area contributed by atoms with Crippen LogP contribution in [0.15, 0.2) is 22.7 Å². The van der Waals surface area contributed by atoms with Gasteiger partial charge in [0, 0.05) is 12.1 Å². The normalized spacial score (nSPS) is 22.8. The Balaban J connectivity index is 1.76. The van der Waals surface area contributed by atoms with Crippen LogP contribution in [0.3, 0.4) is 0 Å². The molecule has 6 nitrogen and oxygen atoms in total. The second kappa shape index (κ2) is 5.40. The minimum absolute atomic E-state index is 0.0242. The van der Waals surface area contributed by atoms with E-state index >= 15 is 0 Å². The van der Waals surface area contributed by atoms with Gasteiger partial charge < -0.3 is 14.3 Å². The molecule has 20 heavy (non-hydrogen) atoms. The zero-order valence-electron chi connectivity index (χ0n) is 11.7. The van der Waals surface area contributed by atoms with Crippen LogP contribution in [-0.4, -0.2) is 52.6 Å². The third-order valence-corrected chi connectivity index (χ3v) is 3.71. The molecule has 0 amide bonds. The zero-order chi connectivity index (χ0) is 14.1. The van der Waals surface area contributed by atoms with Crippen molar-refractivity contribution in [2.24, 2.45) is 0 Å². The maximum atomic E-state index is 9.87. The Labute approximate surface area is 117 Å². The molecule has 1 saturated heterocycles. The Morgan fingerprint density at radius 1 is 1.45 bits per heavy atom. The number of nitrogens with zero attached hydrogens (tertiary/aromatic N) is 2. The van der Waals surface area contributed by atoms with Gasteiger partial charge in [-0.3, -0.25) is 10.00 Å². The third-order valence-electron chi connectivity index (χ3n) is 3.71. The van der Waals surface area contributed by atoms with Crippen LogP contribution in [-0.2, 0) is 11.3 Å². The van der Waals surface area contributed by atoms with Gasteiger partial charge in [-0.15, -0.1) is 0 Å². The predicted molar refractivity (Wildman–Crippen MR) is 73.1 cm³/mol. The van der Waals surface area contributed by atoms with Crippen molar-refractivity contribution in [3.63, 3.8) is 0 Å². The maximum absolute atomic E-state index is 9.87. The van der Waals surface area contributed by atoms with Gasteiger partial charge >= 0.3 is 0 Å². The number of likely N-dealkylation sites (N-methyl/N-ethyl adjacent to an activating group) is 1. The Morgan fingerprint density at radius 2 is 2.30 bits per heavy atom. The standard InChI is InChI=1S/C14H19N3O3/c1-9-3-4-13(20-9)14-10(5-15-16-14)6-17(2)11-7-19-8-12(11)18/h3-5,11-12,18H,6-8H2,1-2H3,(H,15,16)/t11-,12-/m1/s1. The van der Waals surface area contributed by atoms with Gasteiger partial charge in [0.1, 0.15) is 11.5 Å². The molecule has 0 aromatic carbocycles. The number of aromatic amines is 1. The largest absolute Gasteiger partial charge is 0.460 e. The SMILES string of the molecule is Cc1ccc(-c2[nH]ncc2CN(C)[C@@H]2COC[C@H]2O)o1. The van der Waals surface area contributed by atoms with Crippen LogP contribution in [0.1, 0.15) is 11.3 Å². The predicted octanol–water partition coefficient (Wildman–Crippen LogP) is 1.17. The average molecular weight is 277 g/mol. The van der Waals surface area contributed by atoms with Gasteiger partial charge in [0.05, 0.1) is 31.6 Å². The molecule has 1 aliphatic rings. The fourth-order valence-electron chi connectivity index (χ4n) is 2.55. The summed E-state index contributed by atoms with van der Waals surface area (Å²) >= 11 is 0. The van der Waals surface area contributed by atoms with Crippen molar-refractivity contribution in [2.45, 2.75) is 25.6 Å². The van der Waals surface area contributed by atoms with Gasteiger partial charge in [0.15, 0.2) is 5.76 Å². The van der Waals surface area contributed by atoms with Crippen molar-refractivity contribution in [1.82, 2.24) is 15.1 Å². The number of hydrogen-bond donors (Lipinski definition) is 2. The first-order chi connectivity index (χ1) is 9.65. The lowest BCUT2D eigenvalue weighted by Crippen LogP contribution is -2.39. The van der Waals surface area contributed by atoms with Gasteiger partial charge in [0.25, 0.3) is 0 Å². The molecule has 108 valence electrons. The van der Waals surface area contributed by atoms with Crippen LogP contribution in [0.25, 0.3) is 11.5 Å². The summed E-state index contributed by atoms with van der Waals surface area (Å²) in [7, 11) is 1.98. The molecule has 2 N–H and O–H groups in total. The highest BCUT2D eigenvalue weighted by atomic mass is 16.5. The molecular weight excluding hydrogens is 258 g/mol. The van der Waals surface area contributed by atoms with E-state index in [0.717, 1.165) is 22.8 Å². The molecule has 0 saturated carbocycles. The smallest absolute Gasteiger partial charge is 0.152 e. The second-order valence-corrected chi connectivity index (χ2v) is 5.27. The van der Waals surface area contributed by atoms with E-state index in [1.165, 1.54) is 0 Å².